The number of aryl methyl sites for hydroxylation is 1. The molecule has 0 aromatic heterocycles. The van der Waals surface area contributed by atoms with Crippen LogP contribution in [0, 0.1) is 5.92 Å². The Kier molecular flexibility index (Phi) is 4.13. The van der Waals surface area contributed by atoms with Crippen LogP contribution in [0.2, 0.25) is 0 Å². The van der Waals surface area contributed by atoms with E-state index in [0.717, 1.165) is 24.2 Å². The average Bonchev–Trinajstić information content (AvgIpc) is 2.50. The summed E-state index contributed by atoms with van der Waals surface area (Å²) in [6.45, 7) is 0.712. The van der Waals surface area contributed by atoms with E-state index in [-0.39, 0.29) is 24.8 Å². The van der Waals surface area contributed by atoms with E-state index in [0.29, 0.717) is 19.4 Å². The van der Waals surface area contributed by atoms with Gasteiger partial charge in [0.2, 0.25) is 5.92 Å². The van der Waals surface area contributed by atoms with Crippen LogP contribution in [0.3, 0.4) is 0 Å². The van der Waals surface area contributed by atoms with Gasteiger partial charge in [-0.3, -0.25) is 11.3 Å². The minimum absolute atomic E-state index is 0.0499. The van der Waals surface area contributed by atoms with Gasteiger partial charge in [-0.2, -0.15) is 0 Å². The molecule has 0 amide bonds. The van der Waals surface area contributed by atoms with Gasteiger partial charge < -0.3 is 4.74 Å². The summed E-state index contributed by atoms with van der Waals surface area (Å²) in [5.74, 6) is 4.27. The summed E-state index contributed by atoms with van der Waals surface area (Å²) in [6.07, 6.45) is 2.91. The average molecular weight is 296 g/mol. The van der Waals surface area contributed by atoms with Crippen LogP contribution in [0.4, 0.5) is 8.78 Å². The number of hydrogen-bond acceptors (Lipinski definition) is 3. The summed E-state index contributed by atoms with van der Waals surface area (Å²) in [5.41, 5.74) is 5.05. The molecule has 1 aliphatic carbocycles. The van der Waals surface area contributed by atoms with E-state index < -0.39 is 5.92 Å². The summed E-state index contributed by atoms with van der Waals surface area (Å²) in [5, 5.41) is 0. The molecule has 0 bridgehead atoms. The maximum atomic E-state index is 13.3. The number of benzene rings is 1. The number of alkyl halides is 2. The number of hydrogen-bond donors (Lipinski definition) is 2. The Morgan fingerprint density at radius 2 is 2.05 bits per heavy atom. The lowest BCUT2D eigenvalue weighted by Crippen LogP contribution is -2.37. The predicted octanol–water partition coefficient (Wildman–Crippen LogP) is 3.34. The number of nitrogens with one attached hydrogen (secondary N) is 1. The van der Waals surface area contributed by atoms with Gasteiger partial charge >= 0.3 is 0 Å². The smallest absolute Gasteiger partial charge is 0.248 e. The zero-order valence-electron chi connectivity index (χ0n) is 12.1. The van der Waals surface area contributed by atoms with E-state index in [9.17, 15) is 8.78 Å². The first-order valence-corrected chi connectivity index (χ1v) is 7.69. The summed E-state index contributed by atoms with van der Waals surface area (Å²) < 4.78 is 32.5. The number of fused-ring (bicyclic) bond motifs is 1. The molecule has 1 fully saturated rings. The number of rotatable bonds is 3. The van der Waals surface area contributed by atoms with E-state index in [1.54, 1.807) is 0 Å². The topological polar surface area (TPSA) is 47.3 Å². The Bertz CT molecular complexity index is 497. The van der Waals surface area contributed by atoms with Crippen molar-refractivity contribution in [2.75, 3.05) is 6.61 Å². The highest BCUT2D eigenvalue weighted by Gasteiger charge is 2.38. The fourth-order valence-corrected chi connectivity index (χ4v) is 3.53. The molecule has 0 radical (unpaired) electrons. The SMILES string of the molecule is NNC(c1cccc2c1OCCC2)C1CCC(F)(F)CC1. The Hall–Kier alpha value is -1.20. The fraction of sp³-hybridized carbons (Fsp3) is 0.625. The molecule has 0 saturated heterocycles. The molecule has 3 N–H and O–H groups in total. The lowest BCUT2D eigenvalue weighted by atomic mass is 9.79. The van der Waals surface area contributed by atoms with E-state index in [4.69, 9.17) is 10.6 Å². The highest BCUT2D eigenvalue weighted by molar-refractivity contribution is 5.44. The standard InChI is InChI=1S/C16H22F2N2O/c17-16(18)8-6-11(7-9-16)14(20-19)13-5-1-3-12-4-2-10-21-15(12)13/h1,3,5,11,14,20H,2,4,6-10,19H2. The summed E-state index contributed by atoms with van der Waals surface area (Å²) in [7, 11) is 0. The van der Waals surface area contributed by atoms with E-state index in [1.807, 2.05) is 12.1 Å². The number of hydrazine groups is 1. The van der Waals surface area contributed by atoms with Crippen LogP contribution in [0.15, 0.2) is 18.2 Å². The molecule has 1 saturated carbocycles. The Morgan fingerprint density at radius 3 is 2.76 bits per heavy atom. The second-order valence-electron chi connectivity index (χ2n) is 6.13. The maximum Gasteiger partial charge on any atom is 0.248 e. The normalized spacial score (nSPS) is 23.2. The fourth-order valence-electron chi connectivity index (χ4n) is 3.53. The second-order valence-corrected chi connectivity index (χ2v) is 6.13. The van der Waals surface area contributed by atoms with Crippen LogP contribution in [-0.4, -0.2) is 12.5 Å². The number of para-hydroxylation sites is 1. The molecule has 1 aromatic rings. The van der Waals surface area contributed by atoms with Gasteiger partial charge in [-0.15, -0.1) is 0 Å². The highest BCUT2D eigenvalue weighted by atomic mass is 19.3. The van der Waals surface area contributed by atoms with Crippen molar-refractivity contribution in [3.8, 4) is 5.75 Å². The molecular formula is C16H22F2N2O. The van der Waals surface area contributed by atoms with E-state index in [1.165, 1.54) is 5.56 Å². The molecule has 1 heterocycles. The van der Waals surface area contributed by atoms with Gasteiger partial charge in [0.05, 0.1) is 12.6 Å². The van der Waals surface area contributed by atoms with Gasteiger partial charge in [-0.25, -0.2) is 8.78 Å². The monoisotopic (exact) mass is 296 g/mol. The van der Waals surface area contributed by atoms with Gasteiger partial charge in [0.25, 0.3) is 0 Å². The second kappa shape index (κ2) is 5.89. The van der Waals surface area contributed by atoms with Crippen LogP contribution in [0.1, 0.15) is 49.3 Å². The van der Waals surface area contributed by atoms with Gasteiger partial charge in [0.15, 0.2) is 0 Å². The van der Waals surface area contributed by atoms with Crippen LogP contribution in [0.5, 0.6) is 5.75 Å². The van der Waals surface area contributed by atoms with E-state index in [2.05, 4.69) is 11.5 Å². The summed E-state index contributed by atoms with van der Waals surface area (Å²) in [6, 6.07) is 5.96. The number of halogens is 2. The molecule has 2 aliphatic rings. The van der Waals surface area contributed by atoms with E-state index >= 15 is 0 Å². The van der Waals surface area contributed by atoms with Crippen LogP contribution >= 0.6 is 0 Å². The molecule has 116 valence electrons. The first kappa shape index (κ1) is 14.7. The molecule has 1 atom stereocenters. The van der Waals surface area contributed by atoms with Crippen molar-refractivity contribution in [1.29, 1.82) is 0 Å². The minimum Gasteiger partial charge on any atom is -0.493 e. The lowest BCUT2D eigenvalue weighted by molar-refractivity contribution is -0.0498. The lowest BCUT2D eigenvalue weighted by Gasteiger charge is -2.35. The quantitative estimate of drug-likeness (QED) is 0.664. The van der Waals surface area contributed by atoms with Crippen molar-refractivity contribution in [2.24, 2.45) is 11.8 Å². The molecule has 3 nitrogen and oxygen atoms in total. The molecule has 0 spiro atoms. The molecule has 21 heavy (non-hydrogen) atoms. The van der Waals surface area contributed by atoms with Crippen molar-refractivity contribution in [3.05, 3.63) is 29.3 Å². The first-order chi connectivity index (χ1) is 10.1. The largest absolute Gasteiger partial charge is 0.493 e. The van der Waals surface area contributed by atoms with Crippen LogP contribution < -0.4 is 16.0 Å². The van der Waals surface area contributed by atoms with Crippen molar-refractivity contribution in [3.63, 3.8) is 0 Å². The zero-order valence-corrected chi connectivity index (χ0v) is 12.1. The Morgan fingerprint density at radius 1 is 1.29 bits per heavy atom. The van der Waals surface area contributed by atoms with Crippen molar-refractivity contribution >= 4 is 0 Å². The number of nitrogens with two attached hydrogens (primary N) is 1. The molecule has 5 heteroatoms. The Labute approximate surface area is 123 Å². The molecule has 3 rings (SSSR count). The van der Waals surface area contributed by atoms with Crippen molar-refractivity contribution in [1.82, 2.24) is 5.43 Å². The van der Waals surface area contributed by atoms with Gasteiger partial charge in [-0.1, -0.05) is 18.2 Å². The van der Waals surface area contributed by atoms with Crippen LogP contribution in [0.25, 0.3) is 0 Å². The van der Waals surface area contributed by atoms with Gasteiger partial charge in [-0.05, 0) is 37.2 Å². The third-order valence-electron chi connectivity index (χ3n) is 4.71. The molecular weight excluding hydrogens is 274 g/mol. The summed E-state index contributed by atoms with van der Waals surface area (Å²) in [4.78, 5) is 0. The Balaban J connectivity index is 1.84. The molecule has 1 aromatic carbocycles. The maximum absolute atomic E-state index is 13.3. The van der Waals surface area contributed by atoms with Crippen LogP contribution in [-0.2, 0) is 6.42 Å². The third-order valence-corrected chi connectivity index (χ3v) is 4.71. The first-order valence-electron chi connectivity index (χ1n) is 7.69. The predicted molar refractivity (Wildman–Crippen MR) is 77.2 cm³/mol. The van der Waals surface area contributed by atoms with Gasteiger partial charge in [0, 0.05) is 18.4 Å². The molecule has 1 aliphatic heterocycles. The van der Waals surface area contributed by atoms with Crippen molar-refractivity contribution in [2.45, 2.75) is 50.5 Å². The summed E-state index contributed by atoms with van der Waals surface area (Å²) >= 11 is 0. The van der Waals surface area contributed by atoms with Gasteiger partial charge in [0.1, 0.15) is 5.75 Å². The molecule has 1 unspecified atom stereocenters. The van der Waals surface area contributed by atoms with Crippen molar-refractivity contribution < 1.29 is 13.5 Å². The third kappa shape index (κ3) is 3.04. The zero-order chi connectivity index (χ0) is 14.9. The minimum atomic E-state index is -2.51. The number of ether oxygens (including phenoxy) is 1. The highest BCUT2D eigenvalue weighted by Crippen LogP contribution is 2.44.